The molecule has 26 nitrogen and oxygen atoms in total. The Balaban J connectivity index is 1.17. The number of aromatic nitrogens is 6. The summed E-state index contributed by atoms with van der Waals surface area (Å²) in [5, 5.41) is 10.7. The van der Waals surface area contributed by atoms with Gasteiger partial charge in [0.1, 0.15) is 55.5 Å². The van der Waals surface area contributed by atoms with Gasteiger partial charge in [-0.05, 0) is 75.6 Å². The van der Waals surface area contributed by atoms with Crippen LogP contribution in [0.25, 0.3) is 11.3 Å². The molecule has 408 valence electrons. The van der Waals surface area contributed by atoms with Crippen molar-refractivity contribution in [3.8, 4) is 0 Å². The molecule has 77 heavy (non-hydrogen) atoms. The van der Waals surface area contributed by atoms with Gasteiger partial charge in [-0.3, -0.25) is 38.8 Å². The van der Waals surface area contributed by atoms with E-state index < -0.39 is 59.7 Å². The molecule has 6 aromatic heterocycles. The number of fused-ring (bicyclic) bond motifs is 2. The van der Waals surface area contributed by atoms with Gasteiger partial charge in [0.2, 0.25) is 11.8 Å². The van der Waals surface area contributed by atoms with Crippen molar-refractivity contribution in [3.63, 3.8) is 0 Å². The van der Waals surface area contributed by atoms with Crippen LogP contribution < -0.4 is 50.4 Å². The number of imidazole rings is 2. The number of nitrogens with two attached hydrogens (primary N) is 6. The summed E-state index contributed by atoms with van der Waals surface area (Å²) in [7, 11) is 2.83. The number of rotatable bonds is 21. The van der Waals surface area contributed by atoms with Crippen LogP contribution in [0.4, 0.5) is 5.00 Å². The van der Waals surface area contributed by atoms with E-state index in [9.17, 15) is 24.0 Å². The van der Waals surface area contributed by atoms with Crippen LogP contribution in [0.15, 0.2) is 70.5 Å². The summed E-state index contributed by atoms with van der Waals surface area (Å²) in [5.41, 5.74) is 36.3. The molecule has 2 fully saturated rings. The summed E-state index contributed by atoms with van der Waals surface area (Å²) in [6.07, 6.45) is 8.78. The molecule has 0 saturated carbocycles. The van der Waals surface area contributed by atoms with Crippen molar-refractivity contribution in [2.24, 2.45) is 44.4 Å². The lowest BCUT2D eigenvalue weighted by Gasteiger charge is -2.36. The van der Waals surface area contributed by atoms with Gasteiger partial charge in [0.15, 0.2) is 17.6 Å². The van der Waals surface area contributed by atoms with Gasteiger partial charge in [-0.15, -0.1) is 11.3 Å². The third-order valence-corrected chi connectivity index (χ3v) is 15.4. The Hall–Kier alpha value is -7.79. The maximum atomic E-state index is 15.8. The molecule has 8 heterocycles. The van der Waals surface area contributed by atoms with Crippen LogP contribution in [0, 0.1) is 0 Å². The summed E-state index contributed by atoms with van der Waals surface area (Å²) >= 11 is 8.33. The van der Waals surface area contributed by atoms with Crippen LogP contribution in [-0.2, 0) is 9.59 Å². The fourth-order valence-corrected chi connectivity index (χ4v) is 11.7. The minimum Gasteiger partial charge on any atom is -0.370 e. The van der Waals surface area contributed by atoms with Crippen molar-refractivity contribution in [1.29, 1.82) is 0 Å². The fourth-order valence-electron chi connectivity index (χ4n) is 9.54. The van der Waals surface area contributed by atoms with Crippen LogP contribution in [0.3, 0.4) is 0 Å². The molecule has 15 N–H and O–H groups in total. The van der Waals surface area contributed by atoms with Gasteiger partial charge in [0.05, 0.1) is 17.1 Å². The summed E-state index contributed by atoms with van der Waals surface area (Å²) in [6.45, 7) is 0.779. The Kier molecular flexibility index (Phi) is 17.6. The first kappa shape index (κ1) is 55.4. The van der Waals surface area contributed by atoms with Crippen molar-refractivity contribution < 1.29 is 28.8 Å². The number of nitrogens with zero attached hydrogens (tertiary/aromatic N) is 11. The lowest BCUT2D eigenvalue weighted by molar-refractivity contribution is -0.131. The molecule has 2 aliphatic rings. The number of nitrogens with one attached hydrogen (secondary N) is 3. The monoisotopic (exact) mass is 1110 g/mol. The number of thiazole rings is 2. The number of aliphatic imine (C=N–C) groups is 2. The highest BCUT2D eigenvalue weighted by Crippen LogP contribution is 2.40. The van der Waals surface area contributed by atoms with Crippen molar-refractivity contribution in [2.75, 3.05) is 45.6 Å². The Morgan fingerprint density at radius 3 is 1.83 bits per heavy atom. The van der Waals surface area contributed by atoms with Gasteiger partial charge < -0.3 is 73.9 Å². The number of hydrogen-bond acceptors (Lipinski definition) is 16. The Bertz CT molecular complexity index is 3140. The van der Waals surface area contributed by atoms with Crippen LogP contribution in [0.5, 0.6) is 0 Å². The second-order valence-corrected chi connectivity index (χ2v) is 21.0. The molecule has 29 heteroatoms. The SMILES string of the molecule is CNC(=O)[C@@H](CCCCN=C(N)N)N(C(=O)c1nc([C@@H]2C[C@@H](N)CN2C(=O)c2cn3cc(Cl)ccc3n2)sc1NC(=O)c1csc([C@@H]2C[C@@H](N)CN2C(=O)c2cn3ccccc3n2)n1)[C@@H](CCCCN=C(N)N)C(=O)NC. The van der Waals surface area contributed by atoms with E-state index in [1.54, 1.807) is 56.7 Å². The van der Waals surface area contributed by atoms with Crippen molar-refractivity contribution in [2.45, 2.75) is 87.6 Å². The molecule has 0 spiro atoms. The summed E-state index contributed by atoms with van der Waals surface area (Å²) in [5.74, 6) is -3.84. The molecular weight excluding hydrogens is 1050 g/mol. The third kappa shape index (κ3) is 12.7. The van der Waals surface area contributed by atoms with Crippen LogP contribution in [-0.4, -0.2) is 155 Å². The normalized spacial score (nSPS) is 18.0. The van der Waals surface area contributed by atoms with Gasteiger partial charge in [-0.25, -0.2) is 19.9 Å². The van der Waals surface area contributed by atoms with E-state index in [-0.39, 0.29) is 102 Å². The fraction of sp³-hybridized carbons (Fsp3) is 0.417. The number of carbonyl (C=O) groups is 6. The standard InChI is InChI=1S/C48H61ClN20O6S2/c1-56-39(71)31(9-3-6-14-58-47(52)53)69(32(40(72)57-2)10-4-7-15-59-48(54)55)46(75)37-43(77-42(63-37)34-18-27(51)21-68(34)45(74)29-23-66-19-25(49)12-13-36(66)61-29)64-38(70)30-24-76-41(62-30)33-17-26(50)20-67(33)44(73)28-22-65-16-8-5-11-35(65)60-28/h5,8,11-13,16,19,22-24,26-27,31-34H,3-4,6-7,9-10,14-15,17-18,20-21,50-51H2,1-2H3,(H,56,71)(H,57,72)(H,64,70)(H4,52,53,58)(H4,54,55,59)/t26-,27-,31-,32+,33+,34+/m1/s1. The lowest BCUT2D eigenvalue weighted by Crippen LogP contribution is -2.57. The Morgan fingerprint density at radius 2 is 1.27 bits per heavy atom. The molecule has 0 aliphatic carbocycles. The smallest absolute Gasteiger partial charge is 0.276 e. The highest BCUT2D eigenvalue weighted by atomic mass is 35.5. The molecule has 8 rings (SSSR count). The van der Waals surface area contributed by atoms with Gasteiger partial charge in [0.25, 0.3) is 23.6 Å². The number of anilines is 1. The second kappa shape index (κ2) is 24.5. The molecule has 2 saturated heterocycles. The van der Waals surface area contributed by atoms with Gasteiger partial charge in [-0.2, -0.15) is 0 Å². The number of pyridine rings is 2. The second-order valence-electron chi connectivity index (χ2n) is 18.6. The molecule has 0 bridgehead atoms. The quantitative estimate of drug-likeness (QED) is 0.0278. The van der Waals surface area contributed by atoms with E-state index >= 15 is 4.79 Å². The van der Waals surface area contributed by atoms with E-state index in [1.807, 2.05) is 12.1 Å². The average molecular weight is 1110 g/mol. The van der Waals surface area contributed by atoms with Gasteiger partial charge in [0, 0.05) is 82.5 Å². The number of amides is 6. The highest BCUT2D eigenvalue weighted by molar-refractivity contribution is 7.16. The zero-order valence-electron chi connectivity index (χ0n) is 42.3. The van der Waals surface area contributed by atoms with Crippen molar-refractivity contribution in [3.05, 3.63) is 98.3 Å². The minimum atomic E-state index is -1.27. The maximum Gasteiger partial charge on any atom is 0.276 e. The number of unbranched alkanes of at least 4 members (excludes halogenated alkanes) is 2. The first-order valence-electron chi connectivity index (χ1n) is 24.8. The summed E-state index contributed by atoms with van der Waals surface area (Å²) in [6, 6.07) is 3.89. The summed E-state index contributed by atoms with van der Waals surface area (Å²) < 4.78 is 3.37. The van der Waals surface area contributed by atoms with Crippen molar-refractivity contribution in [1.82, 2.24) is 54.1 Å². The Labute approximate surface area is 454 Å². The van der Waals surface area contributed by atoms with E-state index in [2.05, 4.69) is 35.9 Å². The van der Waals surface area contributed by atoms with E-state index in [0.717, 1.165) is 22.7 Å². The number of halogens is 1. The predicted octanol–water partition coefficient (Wildman–Crippen LogP) is 1.19. The molecule has 2 aliphatic heterocycles. The first-order valence-corrected chi connectivity index (χ1v) is 26.9. The highest BCUT2D eigenvalue weighted by Gasteiger charge is 2.44. The Morgan fingerprint density at radius 1 is 0.714 bits per heavy atom. The van der Waals surface area contributed by atoms with Crippen LogP contribution in [0.2, 0.25) is 5.02 Å². The van der Waals surface area contributed by atoms with E-state index in [4.69, 9.17) is 56.0 Å². The average Bonchev–Trinajstić information content (AvgIpc) is 4.37. The molecule has 6 atom stereocenters. The molecular formula is C48H61ClN20O6S2. The number of hydrogen-bond donors (Lipinski definition) is 9. The molecule has 0 radical (unpaired) electrons. The molecule has 0 unspecified atom stereocenters. The molecule has 0 aromatic carbocycles. The minimum absolute atomic E-state index is 0.0459. The van der Waals surface area contributed by atoms with E-state index in [0.29, 0.717) is 53.4 Å². The number of carbonyl (C=O) groups excluding carboxylic acids is 6. The zero-order valence-corrected chi connectivity index (χ0v) is 44.6. The largest absolute Gasteiger partial charge is 0.370 e. The van der Waals surface area contributed by atoms with Gasteiger partial charge >= 0.3 is 0 Å². The molecule has 6 aromatic rings. The van der Waals surface area contributed by atoms with Crippen LogP contribution in [0.1, 0.15) is 115 Å². The molecule has 6 amide bonds. The maximum absolute atomic E-state index is 15.8. The van der Waals surface area contributed by atoms with E-state index in [1.165, 1.54) is 29.3 Å². The number of likely N-dealkylation sites (tertiary alicyclic amines) is 2. The number of guanidine groups is 2. The third-order valence-electron chi connectivity index (χ3n) is 13.2. The zero-order chi connectivity index (χ0) is 55.1. The van der Waals surface area contributed by atoms with Gasteiger partial charge in [-0.1, -0.05) is 29.0 Å². The lowest BCUT2D eigenvalue weighted by atomic mass is 9.99. The number of likely N-dealkylation sites (N-methyl/N-ethyl adjacent to an activating group) is 2. The predicted molar refractivity (Wildman–Crippen MR) is 291 cm³/mol. The topological polar surface area (TPSA) is 389 Å². The van der Waals surface area contributed by atoms with Crippen molar-refractivity contribution >= 4 is 97.9 Å². The first-order chi connectivity index (χ1) is 36.9. The van der Waals surface area contributed by atoms with Crippen LogP contribution >= 0.6 is 34.3 Å². The summed E-state index contributed by atoms with van der Waals surface area (Å²) in [4.78, 5) is 118.